The van der Waals surface area contributed by atoms with Gasteiger partial charge in [0.25, 0.3) is 0 Å². The smallest absolute Gasteiger partial charge is 0.305 e. The van der Waals surface area contributed by atoms with E-state index in [0.717, 1.165) is 44.9 Å². The Morgan fingerprint density at radius 2 is 0.610 bits per heavy atom. The summed E-state index contributed by atoms with van der Waals surface area (Å²) in [6.07, 6.45) is 92.4. The van der Waals surface area contributed by atoms with E-state index < -0.39 is 12.1 Å². The Kier molecular flexibility index (Phi) is 69.9. The second-order valence-corrected chi connectivity index (χ2v) is 25.6. The van der Waals surface area contributed by atoms with Gasteiger partial charge in [-0.15, -0.1) is 0 Å². The van der Waals surface area contributed by atoms with Crippen LogP contribution in [-0.4, -0.2) is 47.4 Å². The first kappa shape index (κ1) is 80.1. The number of unbranched alkanes of at least 4 members (excludes halogenated alkanes) is 55. The van der Waals surface area contributed by atoms with Crippen LogP contribution in [0.1, 0.15) is 412 Å². The number of carbonyl (C=O) groups excluding carboxylic acids is 2. The Morgan fingerprint density at radius 3 is 0.927 bits per heavy atom. The SMILES string of the molecule is CCCCCCCCCCCCCCCCCCCC/C=C/C(O)C(CO)NC(=O)CCCCCCCCCCCCCCCCC/C=C\C/C=C\CCCCCCCCCCCOC(=O)CCCCCCCCCCCCCCCC. The molecule has 0 saturated carbocycles. The summed E-state index contributed by atoms with van der Waals surface area (Å²) >= 11 is 0. The van der Waals surface area contributed by atoms with E-state index in [-0.39, 0.29) is 18.5 Å². The molecular weight excluding hydrogens is 1010 g/mol. The summed E-state index contributed by atoms with van der Waals surface area (Å²) in [5, 5.41) is 23.3. The normalized spacial score (nSPS) is 12.7. The number of aliphatic hydroxyl groups excluding tert-OH is 2. The Labute approximate surface area is 513 Å². The molecule has 0 bridgehead atoms. The summed E-state index contributed by atoms with van der Waals surface area (Å²) in [7, 11) is 0. The highest BCUT2D eigenvalue weighted by atomic mass is 16.5. The minimum atomic E-state index is -0.845. The number of amides is 1. The molecule has 2 unspecified atom stereocenters. The van der Waals surface area contributed by atoms with Crippen LogP contribution in [-0.2, 0) is 14.3 Å². The van der Waals surface area contributed by atoms with Crippen molar-refractivity contribution in [3.63, 3.8) is 0 Å². The van der Waals surface area contributed by atoms with Gasteiger partial charge in [-0.1, -0.05) is 371 Å². The van der Waals surface area contributed by atoms with Gasteiger partial charge in [0.15, 0.2) is 0 Å². The summed E-state index contributed by atoms with van der Waals surface area (Å²) in [4.78, 5) is 24.6. The average Bonchev–Trinajstić information content (AvgIpc) is 3.48. The maximum atomic E-state index is 12.5. The second kappa shape index (κ2) is 71.6. The van der Waals surface area contributed by atoms with Crippen molar-refractivity contribution in [2.24, 2.45) is 0 Å². The molecule has 0 fully saturated rings. The first-order chi connectivity index (χ1) is 40.5. The van der Waals surface area contributed by atoms with Gasteiger partial charge in [-0.3, -0.25) is 9.59 Å². The van der Waals surface area contributed by atoms with E-state index in [2.05, 4.69) is 43.5 Å². The molecule has 0 aromatic carbocycles. The van der Waals surface area contributed by atoms with Gasteiger partial charge >= 0.3 is 5.97 Å². The predicted octanol–water partition coefficient (Wildman–Crippen LogP) is 24.3. The van der Waals surface area contributed by atoms with Crippen LogP contribution in [0.2, 0.25) is 0 Å². The van der Waals surface area contributed by atoms with E-state index in [9.17, 15) is 19.8 Å². The molecule has 0 aliphatic rings. The van der Waals surface area contributed by atoms with Gasteiger partial charge in [0.2, 0.25) is 5.91 Å². The van der Waals surface area contributed by atoms with Crippen LogP contribution in [0.3, 0.4) is 0 Å². The highest BCUT2D eigenvalue weighted by Crippen LogP contribution is 2.19. The van der Waals surface area contributed by atoms with Crippen LogP contribution < -0.4 is 5.32 Å². The van der Waals surface area contributed by atoms with E-state index in [1.165, 1.54) is 340 Å². The number of allylic oxidation sites excluding steroid dienone is 5. The molecule has 0 aromatic heterocycles. The van der Waals surface area contributed by atoms with Gasteiger partial charge in [-0.05, 0) is 64.2 Å². The number of hydrogen-bond donors (Lipinski definition) is 3. The van der Waals surface area contributed by atoms with Gasteiger partial charge in [0.1, 0.15) is 0 Å². The number of hydrogen-bond acceptors (Lipinski definition) is 5. The largest absolute Gasteiger partial charge is 0.466 e. The lowest BCUT2D eigenvalue weighted by Gasteiger charge is -2.20. The molecule has 3 N–H and O–H groups in total. The van der Waals surface area contributed by atoms with E-state index in [0.29, 0.717) is 19.4 Å². The standard InChI is InChI=1S/C76H145NO5/c1-3-5-7-9-11-13-15-17-19-20-21-35-38-41-44-48-52-56-60-64-68-74(79)73(72-78)77-75(80)69-65-61-57-53-49-45-42-39-36-33-31-29-27-25-23-22-24-26-28-30-32-34-37-40-43-47-51-55-59-63-67-71-82-76(81)70-66-62-58-54-50-46-18-16-14-12-10-8-6-4-2/h24,26,30,32,64,68,73-74,78-79H,3-23,25,27-29,31,33-63,65-67,69-72H2,1-2H3,(H,77,80)/b26-24-,32-30-,68-64+. The monoisotopic (exact) mass is 1150 g/mol. The van der Waals surface area contributed by atoms with Gasteiger partial charge in [0.05, 0.1) is 25.4 Å². The minimum absolute atomic E-state index is 0.0157. The molecule has 1 amide bonds. The van der Waals surface area contributed by atoms with Crippen LogP contribution in [0.5, 0.6) is 0 Å². The van der Waals surface area contributed by atoms with Crippen molar-refractivity contribution in [3.05, 3.63) is 36.5 Å². The predicted molar refractivity (Wildman–Crippen MR) is 361 cm³/mol. The molecule has 0 rings (SSSR count). The fourth-order valence-electron chi connectivity index (χ4n) is 11.7. The second-order valence-electron chi connectivity index (χ2n) is 25.6. The number of esters is 1. The van der Waals surface area contributed by atoms with E-state index in [1.807, 2.05) is 6.08 Å². The molecule has 2 atom stereocenters. The molecule has 6 heteroatoms. The zero-order valence-corrected chi connectivity index (χ0v) is 55.5. The minimum Gasteiger partial charge on any atom is -0.466 e. The van der Waals surface area contributed by atoms with E-state index >= 15 is 0 Å². The summed E-state index contributed by atoms with van der Waals surface area (Å²) in [5.41, 5.74) is 0. The molecule has 0 spiro atoms. The number of nitrogens with one attached hydrogen (secondary N) is 1. The van der Waals surface area contributed by atoms with Crippen LogP contribution in [0, 0.1) is 0 Å². The lowest BCUT2D eigenvalue weighted by molar-refractivity contribution is -0.143. The molecule has 0 aliphatic heterocycles. The molecule has 484 valence electrons. The molecule has 0 aromatic rings. The molecule has 6 nitrogen and oxygen atoms in total. The number of carbonyl (C=O) groups is 2. The third-order valence-corrected chi connectivity index (χ3v) is 17.4. The summed E-state index contributed by atoms with van der Waals surface area (Å²) in [6.45, 7) is 4.94. The summed E-state index contributed by atoms with van der Waals surface area (Å²) in [5.74, 6) is -0.0478. The first-order valence-electron chi connectivity index (χ1n) is 37.3. The van der Waals surface area contributed by atoms with E-state index in [1.54, 1.807) is 6.08 Å². The molecule has 82 heavy (non-hydrogen) atoms. The molecule has 0 radical (unpaired) electrons. The lowest BCUT2D eigenvalue weighted by Crippen LogP contribution is -2.45. The van der Waals surface area contributed by atoms with Crippen LogP contribution in [0.4, 0.5) is 0 Å². The Balaban J connectivity index is 3.41. The highest BCUT2D eigenvalue weighted by Gasteiger charge is 2.18. The zero-order chi connectivity index (χ0) is 59.2. The number of ether oxygens (including phenoxy) is 1. The quantitative estimate of drug-likeness (QED) is 0.0320. The van der Waals surface area contributed by atoms with Gasteiger partial charge in [-0.25, -0.2) is 0 Å². The van der Waals surface area contributed by atoms with Crippen LogP contribution in [0.25, 0.3) is 0 Å². The maximum Gasteiger partial charge on any atom is 0.305 e. The fraction of sp³-hybridized carbons (Fsp3) is 0.895. The fourth-order valence-corrected chi connectivity index (χ4v) is 11.7. The third-order valence-electron chi connectivity index (χ3n) is 17.4. The summed E-state index contributed by atoms with van der Waals surface area (Å²) in [6, 6.07) is -0.628. The average molecular weight is 1150 g/mol. The van der Waals surface area contributed by atoms with Crippen molar-refractivity contribution in [2.75, 3.05) is 13.2 Å². The van der Waals surface area contributed by atoms with Crippen LogP contribution in [0.15, 0.2) is 36.5 Å². The molecule has 0 saturated heterocycles. The Morgan fingerprint density at radius 1 is 0.341 bits per heavy atom. The van der Waals surface area contributed by atoms with Gasteiger partial charge in [0, 0.05) is 12.8 Å². The lowest BCUT2D eigenvalue weighted by atomic mass is 10.0. The molecular formula is C76H145NO5. The van der Waals surface area contributed by atoms with Crippen molar-refractivity contribution < 1.29 is 24.5 Å². The Bertz CT molecular complexity index is 1330. The zero-order valence-electron chi connectivity index (χ0n) is 55.5. The first-order valence-corrected chi connectivity index (χ1v) is 37.3. The topological polar surface area (TPSA) is 95.9 Å². The number of rotatable bonds is 70. The molecule has 0 heterocycles. The molecule has 0 aliphatic carbocycles. The van der Waals surface area contributed by atoms with Crippen molar-refractivity contribution in [1.82, 2.24) is 5.32 Å². The van der Waals surface area contributed by atoms with Crippen molar-refractivity contribution >= 4 is 11.9 Å². The highest BCUT2D eigenvalue weighted by molar-refractivity contribution is 5.76. The van der Waals surface area contributed by atoms with E-state index in [4.69, 9.17) is 4.74 Å². The number of aliphatic hydroxyl groups is 2. The maximum absolute atomic E-state index is 12.5. The van der Waals surface area contributed by atoms with Gasteiger partial charge < -0.3 is 20.3 Å². The van der Waals surface area contributed by atoms with Crippen molar-refractivity contribution in [2.45, 2.75) is 424 Å². The Hall–Kier alpha value is -1.92. The van der Waals surface area contributed by atoms with Crippen molar-refractivity contribution in [3.8, 4) is 0 Å². The summed E-state index contributed by atoms with van der Waals surface area (Å²) < 4.78 is 5.49. The van der Waals surface area contributed by atoms with Crippen LogP contribution >= 0.6 is 0 Å². The van der Waals surface area contributed by atoms with Crippen molar-refractivity contribution in [1.29, 1.82) is 0 Å². The van der Waals surface area contributed by atoms with Gasteiger partial charge in [-0.2, -0.15) is 0 Å². The third kappa shape index (κ3) is 67.2.